The first-order chi connectivity index (χ1) is 25.2. The Hall–Kier alpha value is -4.81. The molecule has 52 heavy (non-hydrogen) atoms. The SMILES string of the molecule is O=C(/C=C/CN1CCC[C@@H](Oc2ccc(/C(=C(/CC(F)(F)F)c3ccccc3)c3ccc4c(c3)c(F)nn4C3CCCCO3)cn2)C1)N1C=CCC1. The molecule has 2 aromatic heterocycles. The number of amides is 1. The zero-order valence-electron chi connectivity index (χ0n) is 28.8. The van der Waals surface area contributed by atoms with E-state index in [0.717, 1.165) is 38.6 Å². The molecule has 8 nitrogen and oxygen atoms in total. The van der Waals surface area contributed by atoms with Gasteiger partial charge in [0.15, 0.2) is 6.23 Å². The number of rotatable bonds is 10. The average molecular weight is 716 g/mol. The van der Waals surface area contributed by atoms with Gasteiger partial charge in [0, 0.05) is 56.3 Å². The number of likely N-dealkylation sites (tertiary alicyclic amines) is 1. The van der Waals surface area contributed by atoms with Crippen LogP contribution >= 0.6 is 0 Å². The Bertz CT molecular complexity index is 1950. The molecule has 0 bridgehead atoms. The third kappa shape index (κ3) is 8.45. The number of pyridine rings is 1. The van der Waals surface area contributed by atoms with Crippen LogP contribution in [0.4, 0.5) is 17.6 Å². The molecule has 2 fully saturated rings. The Morgan fingerprint density at radius 2 is 1.83 bits per heavy atom. The highest BCUT2D eigenvalue weighted by Gasteiger charge is 2.32. The van der Waals surface area contributed by atoms with Crippen LogP contribution in [-0.4, -0.2) is 75.5 Å². The first-order valence-corrected chi connectivity index (χ1v) is 17.9. The molecule has 0 aliphatic carbocycles. The number of allylic oxidation sites excluding steroid dienone is 1. The standard InChI is InChI=1S/C40H41F4N5O3/c41-39-32-24-29(15-17-34(32)49(46-39)37-14-4-7-23-51-37)38(33(25-40(42,43)44)28-10-2-1-3-11-28)30-16-18-35(45-26-30)52-31-12-8-19-47(27-31)20-9-13-36(50)48-21-5-6-22-48/h1-3,5,9-11,13,15-18,21,24,26,31,37H,4,6-8,12,14,19-20,22-23,25,27H2/b13-9+,38-33-/t31-,37?/m1/s1. The molecule has 0 N–H and O–H groups in total. The van der Waals surface area contributed by atoms with Gasteiger partial charge in [0.25, 0.3) is 0 Å². The Morgan fingerprint density at radius 1 is 0.981 bits per heavy atom. The van der Waals surface area contributed by atoms with E-state index in [0.29, 0.717) is 66.3 Å². The average Bonchev–Trinajstić information content (AvgIpc) is 3.81. The number of carbonyl (C=O) groups excluding carboxylic acids is 1. The van der Waals surface area contributed by atoms with Crippen molar-refractivity contribution in [2.24, 2.45) is 0 Å². The Kier molecular flexibility index (Phi) is 10.8. The largest absolute Gasteiger partial charge is 0.473 e. The molecule has 3 aliphatic rings. The normalized spacial score (nSPS) is 20.5. The highest BCUT2D eigenvalue weighted by atomic mass is 19.4. The summed E-state index contributed by atoms with van der Waals surface area (Å²) in [5.74, 6) is -0.387. The van der Waals surface area contributed by atoms with Crippen molar-refractivity contribution in [1.82, 2.24) is 24.6 Å². The summed E-state index contributed by atoms with van der Waals surface area (Å²) in [6.07, 6.45) is 7.67. The highest BCUT2D eigenvalue weighted by molar-refractivity contribution is 6.00. The van der Waals surface area contributed by atoms with E-state index in [1.54, 1.807) is 71.6 Å². The number of benzene rings is 2. The predicted molar refractivity (Wildman–Crippen MR) is 190 cm³/mol. The van der Waals surface area contributed by atoms with Gasteiger partial charge in [-0.2, -0.15) is 17.6 Å². The minimum atomic E-state index is -4.52. The number of hydrogen-bond donors (Lipinski definition) is 0. The van der Waals surface area contributed by atoms with E-state index in [4.69, 9.17) is 9.47 Å². The first-order valence-electron chi connectivity index (χ1n) is 17.9. The van der Waals surface area contributed by atoms with Crippen LogP contribution in [0, 0.1) is 5.95 Å². The summed E-state index contributed by atoms with van der Waals surface area (Å²) in [5.41, 5.74) is 2.09. The Labute approximate surface area is 300 Å². The number of aromatic nitrogens is 3. The van der Waals surface area contributed by atoms with Crippen molar-refractivity contribution >= 4 is 28.0 Å². The molecule has 5 heterocycles. The third-order valence-corrected chi connectivity index (χ3v) is 9.68. The molecule has 0 saturated carbocycles. The number of ether oxygens (including phenoxy) is 2. The minimum absolute atomic E-state index is 0.0314. The van der Waals surface area contributed by atoms with Gasteiger partial charge in [-0.3, -0.25) is 9.69 Å². The number of halogens is 4. The molecule has 12 heteroatoms. The molecule has 272 valence electrons. The molecule has 1 unspecified atom stereocenters. The van der Waals surface area contributed by atoms with Crippen LogP contribution in [0.1, 0.15) is 67.9 Å². The van der Waals surface area contributed by atoms with E-state index in [2.05, 4.69) is 15.0 Å². The van der Waals surface area contributed by atoms with Crippen LogP contribution in [-0.2, 0) is 9.53 Å². The molecule has 0 spiro atoms. The predicted octanol–water partition coefficient (Wildman–Crippen LogP) is 8.33. The van der Waals surface area contributed by atoms with Crippen LogP contribution < -0.4 is 4.74 Å². The fourth-order valence-corrected chi connectivity index (χ4v) is 7.20. The number of piperidine rings is 1. The summed E-state index contributed by atoms with van der Waals surface area (Å²) in [4.78, 5) is 20.8. The van der Waals surface area contributed by atoms with E-state index in [9.17, 15) is 18.0 Å². The fraction of sp³-hybridized carbons (Fsp3) is 0.375. The van der Waals surface area contributed by atoms with Gasteiger partial charge in [-0.25, -0.2) is 9.67 Å². The number of fused-ring (bicyclic) bond motifs is 1. The van der Waals surface area contributed by atoms with E-state index < -0.39 is 24.8 Å². The van der Waals surface area contributed by atoms with E-state index in [1.807, 2.05) is 18.4 Å². The fourth-order valence-electron chi connectivity index (χ4n) is 7.20. The number of alkyl halides is 3. The Balaban J connectivity index is 1.17. The van der Waals surface area contributed by atoms with Gasteiger partial charge in [-0.05, 0) is 85.5 Å². The summed E-state index contributed by atoms with van der Waals surface area (Å²) < 4.78 is 71.9. The van der Waals surface area contributed by atoms with Gasteiger partial charge in [-0.1, -0.05) is 48.6 Å². The van der Waals surface area contributed by atoms with Crippen LogP contribution in [0.25, 0.3) is 22.0 Å². The molecule has 3 aliphatic heterocycles. The van der Waals surface area contributed by atoms with Crippen molar-refractivity contribution < 1.29 is 31.8 Å². The second kappa shape index (κ2) is 15.8. The van der Waals surface area contributed by atoms with Crippen molar-refractivity contribution in [2.45, 2.75) is 63.5 Å². The van der Waals surface area contributed by atoms with Crippen molar-refractivity contribution in [2.75, 3.05) is 32.8 Å². The highest BCUT2D eigenvalue weighted by Crippen LogP contribution is 2.41. The maximum absolute atomic E-state index is 15.4. The molecule has 1 amide bonds. The second-order valence-corrected chi connectivity index (χ2v) is 13.4. The second-order valence-electron chi connectivity index (χ2n) is 13.4. The van der Waals surface area contributed by atoms with Gasteiger partial charge < -0.3 is 14.4 Å². The molecule has 2 saturated heterocycles. The van der Waals surface area contributed by atoms with E-state index in [-0.39, 0.29) is 23.0 Å². The van der Waals surface area contributed by atoms with E-state index >= 15 is 4.39 Å². The molecular formula is C40H41F4N5O3. The first kappa shape index (κ1) is 35.6. The quantitative estimate of drug-likeness (QED) is 0.0935. The van der Waals surface area contributed by atoms with Crippen LogP contribution in [0.3, 0.4) is 0 Å². The summed E-state index contributed by atoms with van der Waals surface area (Å²) in [7, 11) is 0. The summed E-state index contributed by atoms with van der Waals surface area (Å²) in [6.45, 7) is 3.39. The van der Waals surface area contributed by atoms with Crippen molar-refractivity contribution in [3.8, 4) is 5.88 Å². The van der Waals surface area contributed by atoms with E-state index in [1.165, 1.54) is 10.9 Å². The molecule has 7 rings (SSSR count). The van der Waals surface area contributed by atoms with Crippen molar-refractivity contribution in [1.29, 1.82) is 0 Å². The lowest BCUT2D eigenvalue weighted by molar-refractivity contribution is -0.124. The summed E-state index contributed by atoms with van der Waals surface area (Å²) in [5, 5.41) is 4.33. The van der Waals surface area contributed by atoms with Gasteiger partial charge in [0.1, 0.15) is 6.10 Å². The minimum Gasteiger partial charge on any atom is -0.473 e. The van der Waals surface area contributed by atoms with Gasteiger partial charge in [0.2, 0.25) is 17.7 Å². The lowest BCUT2D eigenvalue weighted by Crippen LogP contribution is -2.41. The monoisotopic (exact) mass is 715 g/mol. The smallest absolute Gasteiger partial charge is 0.393 e. The zero-order chi connectivity index (χ0) is 36.1. The van der Waals surface area contributed by atoms with Crippen LogP contribution in [0.2, 0.25) is 0 Å². The van der Waals surface area contributed by atoms with Gasteiger partial charge in [0.05, 0.1) is 17.3 Å². The van der Waals surface area contributed by atoms with Crippen LogP contribution in [0.5, 0.6) is 5.88 Å². The molecule has 2 atom stereocenters. The maximum Gasteiger partial charge on any atom is 0.393 e. The molecule has 0 radical (unpaired) electrons. The number of carbonyl (C=O) groups is 1. The van der Waals surface area contributed by atoms with Gasteiger partial charge >= 0.3 is 6.18 Å². The summed E-state index contributed by atoms with van der Waals surface area (Å²) >= 11 is 0. The van der Waals surface area contributed by atoms with Crippen molar-refractivity contribution in [3.05, 3.63) is 114 Å². The lowest BCUT2D eigenvalue weighted by atomic mass is 9.88. The number of hydrogen-bond acceptors (Lipinski definition) is 6. The topological polar surface area (TPSA) is 72.7 Å². The molecular weight excluding hydrogens is 674 g/mol. The molecule has 2 aromatic carbocycles. The van der Waals surface area contributed by atoms with Crippen molar-refractivity contribution in [3.63, 3.8) is 0 Å². The van der Waals surface area contributed by atoms with Crippen LogP contribution in [0.15, 0.2) is 91.3 Å². The third-order valence-electron chi connectivity index (χ3n) is 9.68. The summed E-state index contributed by atoms with van der Waals surface area (Å²) in [6, 6.07) is 16.8. The zero-order valence-corrected chi connectivity index (χ0v) is 28.8. The Morgan fingerprint density at radius 3 is 2.56 bits per heavy atom. The van der Waals surface area contributed by atoms with Gasteiger partial charge in [-0.15, -0.1) is 5.10 Å². The maximum atomic E-state index is 15.4. The molecule has 4 aromatic rings. The number of nitrogens with zero attached hydrogens (tertiary/aromatic N) is 5. The lowest BCUT2D eigenvalue weighted by Gasteiger charge is -2.31.